The van der Waals surface area contributed by atoms with Crippen molar-refractivity contribution in [2.24, 2.45) is 0 Å². The lowest BCUT2D eigenvalue weighted by molar-refractivity contribution is -0.121. The van der Waals surface area contributed by atoms with E-state index >= 15 is 0 Å². The summed E-state index contributed by atoms with van der Waals surface area (Å²) in [6.07, 6.45) is 0.989. The minimum Gasteiger partial charge on any atom is -0.493 e. The fraction of sp³-hybridized carbons (Fsp3) is 0.300. The van der Waals surface area contributed by atoms with Gasteiger partial charge in [0, 0.05) is 25.1 Å². The number of amides is 2. The van der Waals surface area contributed by atoms with Crippen molar-refractivity contribution < 1.29 is 14.3 Å². The molecule has 2 N–H and O–H groups in total. The van der Waals surface area contributed by atoms with E-state index in [2.05, 4.69) is 10.6 Å². The Balaban J connectivity index is 1.58. The van der Waals surface area contributed by atoms with E-state index in [0.29, 0.717) is 48.1 Å². The zero-order valence-corrected chi connectivity index (χ0v) is 16.6. The monoisotopic (exact) mass is 408 g/mol. The molecule has 7 heteroatoms. The molecule has 0 aromatic heterocycles. The fourth-order valence-corrected chi connectivity index (χ4v) is 2.64. The molecule has 0 saturated heterocycles. The van der Waals surface area contributed by atoms with Crippen molar-refractivity contribution in [3.63, 3.8) is 0 Å². The average molecular weight is 409 g/mol. The molecule has 0 bridgehead atoms. The van der Waals surface area contributed by atoms with E-state index in [1.165, 1.54) is 6.07 Å². The van der Waals surface area contributed by atoms with Crippen molar-refractivity contribution in [1.82, 2.24) is 10.6 Å². The number of carbonyl (C=O) groups is 2. The molecule has 0 unspecified atom stereocenters. The summed E-state index contributed by atoms with van der Waals surface area (Å²) < 4.78 is 5.65. The highest BCUT2D eigenvalue weighted by Gasteiger charge is 2.08. The summed E-state index contributed by atoms with van der Waals surface area (Å²) in [4.78, 5) is 23.8. The molecule has 0 radical (unpaired) electrons. The van der Waals surface area contributed by atoms with Crippen molar-refractivity contribution in [1.29, 1.82) is 0 Å². The Labute approximate surface area is 169 Å². The maximum Gasteiger partial charge on any atom is 0.251 e. The summed E-state index contributed by atoms with van der Waals surface area (Å²) in [6.45, 7) is 3.13. The van der Waals surface area contributed by atoms with E-state index in [-0.39, 0.29) is 11.8 Å². The molecule has 2 amide bonds. The van der Waals surface area contributed by atoms with Crippen LogP contribution in [-0.4, -0.2) is 31.5 Å². The molecule has 0 saturated carbocycles. The first-order valence-electron chi connectivity index (χ1n) is 8.66. The lowest BCUT2D eigenvalue weighted by Gasteiger charge is -2.09. The maximum absolute atomic E-state index is 12.0. The Morgan fingerprint density at radius 2 is 1.74 bits per heavy atom. The lowest BCUT2D eigenvalue weighted by atomic mass is 10.2. The van der Waals surface area contributed by atoms with Crippen molar-refractivity contribution in [3.8, 4) is 5.75 Å². The van der Waals surface area contributed by atoms with E-state index in [1.807, 2.05) is 31.2 Å². The van der Waals surface area contributed by atoms with Crippen molar-refractivity contribution in [2.75, 3.05) is 19.7 Å². The number of ether oxygens (including phenoxy) is 1. The van der Waals surface area contributed by atoms with Crippen molar-refractivity contribution in [3.05, 3.63) is 63.6 Å². The van der Waals surface area contributed by atoms with Gasteiger partial charge in [0.05, 0.1) is 16.7 Å². The van der Waals surface area contributed by atoms with Gasteiger partial charge < -0.3 is 15.4 Å². The predicted octanol–water partition coefficient (Wildman–Crippen LogP) is 4.01. The second-order valence-corrected chi connectivity index (χ2v) is 6.77. The number of carbonyl (C=O) groups excluding carboxylic acids is 2. The molecule has 5 nitrogen and oxygen atoms in total. The zero-order valence-electron chi connectivity index (χ0n) is 15.1. The number of rotatable bonds is 9. The largest absolute Gasteiger partial charge is 0.493 e. The molecule has 2 aromatic carbocycles. The average Bonchev–Trinajstić information content (AvgIpc) is 2.65. The Kier molecular flexibility index (Phi) is 8.43. The first-order chi connectivity index (χ1) is 13.0. The molecule has 0 heterocycles. The molecular weight excluding hydrogens is 387 g/mol. The Morgan fingerprint density at radius 3 is 2.48 bits per heavy atom. The van der Waals surface area contributed by atoms with E-state index in [0.717, 1.165) is 11.3 Å². The number of nitrogens with one attached hydrogen (secondary N) is 2. The van der Waals surface area contributed by atoms with Gasteiger partial charge in [-0.25, -0.2) is 0 Å². The molecule has 2 aromatic rings. The van der Waals surface area contributed by atoms with Crippen LogP contribution >= 0.6 is 23.2 Å². The lowest BCUT2D eigenvalue weighted by Crippen LogP contribution is -2.34. The van der Waals surface area contributed by atoms with Gasteiger partial charge in [-0.1, -0.05) is 41.4 Å². The third kappa shape index (κ3) is 7.12. The summed E-state index contributed by atoms with van der Waals surface area (Å²) in [5.74, 6) is 0.490. The minimum atomic E-state index is -0.269. The number of para-hydroxylation sites is 1. The Hall–Kier alpha value is -2.24. The molecule has 144 valence electrons. The van der Waals surface area contributed by atoms with E-state index < -0.39 is 0 Å². The number of halogens is 2. The molecule has 27 heavy (non-hydrogen) atoms. The van der Waals surface area contributed by atoms with Gasteiger partial charge in [0.1, 0.15) is 5.75 Å². The van der Waals surface area contributed by atoms with Gasteiger partial charge in [0.25, 0.3) is 5.91 Å². The van der Waals surface area contributed by atoms with E-state index in [1.54, 1.807) is 12.1 Å². The molecule has 0 aliphatic rings. The Bertz CT molecular complexity index is 797. The summed E-state index contributed by atoms with van der Waals surface area (Å²) in [5, 5.41) is 6.20. The van der Waals surface area contributed by atoms with Gasteiger partial charge in [-0.3, -0.25) is 9.59 Å². The van der Waals surface area contributed by atoms with Crippen LogP contribution < -0.4 is 15.4 Å². The van der Waals surface area contributed by atoms with Crippen molar-refractivity contribution in [2.45, 2.75) is 19.8 Å². The van der Waals surface area contributed by atoms with Crippen molar-refractivity contribution >= 4 is 35.0 Å². The smallest absolute Gasteiger partial charge is 0.251 e. The summed E-state index contributed by atoms with van der Waals surface area (Å²) in [7, 11) is 0. The number of hydrogen-bond acceptors (Lipinski definition) is 3. The fourth-order valence-electron chi connectivity index (χ4n) is 2.34. The molecular formula is C20H22Cl2N2O3. The predicted molar refractivity (Wildman–Crippen MR) is 108 cm³/mol. The van der Waals surface area contributed by atoms with Crippen LogP contribution in [0.25, 0.3) is 0 Å². The van der Waals surface area contributed by atoms with E-state index in [4.69, 9.17) is 27.9 Å². The second kappa shape index (κ2) is 10.8. The number of hydrogen-bond donors (Lipinski definition) is 2. The van der Waals surface area contributed by atoms with Crippen LogP contribution in [0, 0.1) is 6.92 Å². The molecule has 0 spiro atoms. The van der Waals surface area contributed by atoms with Crippen LogP contribution in [0.2, 0.25) is 10.0 Å². The summed E-state index contributed by atoms with van der Waals surface area (Å²) in [5.41, 5.74) is 1.49. The topological polar surface area (TPSA) is 67.4 Å². The van der Waals surface area contributed by atoms with E-state index in [9.17, 15) is 9.59 Å². The normalized spacial score (nSPS) is 10.3. The van der Waals surface area contributed by atoms with Gasteiger partial charge in [0.15, 0.2) is 0 Å². The quantitative estimate of drug-likeness (QED) is 0.615. The highest BCUT2D eigenvalue weighted by molar-refractivity contribution is 6.42. The summed E-state index contributed by atoms with van der Waals surface area (Å²) in [6, 6.07) is 12.4. The van der Waals surface area contributed by atoms with Gasteiger partial charge in [-0.2, -0.15) is 0 Å². The number of aryl methyl sites for hydroxylation is 1. The minimum absolute atomic E-state index is 0.0767. The SMILES string of the molecule is Cc1ccccc1OCCCC(=O)NCCNC(=O)c1ccc(Cl)c(Cl)c1. The van der Waals surface area contributed by atoms with Gasteiger partial charge >= 0.3 is 0 Å². The molecule has 0 aliphatic carbocycles. The maximum atomic E-state index is 12.0. The van der Waals surface area contributed by atoms with Crippen LogP contribution in [0.1, 0.15) is 28.8 Å². The molecule has 0 fully saturated rings. The van der Waals surface area contributed by atoms with Crippen LogP contribution in [-0.2, 0) is 4.79 Å². The Morgan fingerprint density at radius 1 is 1.00 bits per heavy atom. The summed E-state index contributed by atoms with van der Waals surface area (Å²) >= 11 is 11.7. The van der Waals surface area contributed by atoms with Gasteiger partial charge in [-0.05, 0) is 43.2 Å². The highest BCUT2D eigenvalue weighted by atomic mass is 35.5. The van der Waals surface area contributed by atoms with Crippen LogP contribution in [0.5, 0.6) is 5.75 Å². The molecule has 0 aliphatic heterocycles. The molecule has 0 atom stereocenters. The zero-order chi connectivity index (χ0) is 19.6. The first kappa shape index (κ1) is 21.1. The highest BCUT2D eigenvalue weighted by Crippen LogP contribution is 2.22. The third-order valence-corrected chi connectivity index (χ3v) is 4.55. The number of benzene rings is 2. The van der Waals surface area contributed by atoms with Crippen LogP contribution in [0.3, 0.4) is 0 Å². The standard InChI is InChI=1S/C20H22Cl2N2O3/c1-14-5-2-3-6-18(14)27-12-4-7-19(25)23-10-11-24-20(26)15-8-9-16(21)17(22)13-15/h2-3,5-6,8-9,13H,4,7,10-12H2,1H3,(H,23,25)(H,24,26). The third-order valence-electron chi connectivity index (χ3n) is 3.81. The first-order valence-corrected chi connectivity index (χ1v) is 9.41. The second-order valence-electron chi connectivity index (χ2n) is 5.95. The van der Waals surface area contributed by atoms with Gasteiger partial charge in [-0.15, -0.1) is 0 Å². The molecule has 2 rings (SSSR count). The van der Waals surface area contributed by atoms with Gasteiger partial charge in [0.2, 0.25) is 5.91 Å². The van der Waals surface area contributed by atoms with Crippen LogP contribution in [0.4, 0.5) is 0 Å². The van der Waals surface area contributed by atoms with Crippen LogP contribution in [0.15, 0.2) is 42.5 Å².